The summed E-state index contributed by atoms with van der Waals surface area (Å²) in [6, 6.07) is 0. The van der Waals surface area contributed by atoms with Crippen LogP contribution in [-0.2, 0) is 9.53 Å². The fourth-order valence-electron chi connectivity index (χ4n) is 4.03. The predicted octanol–water partition coefficient (Wildman–Crippen LogP) is 8.29. The lowest BCUT2D eigenvalue weighted by Gasteiger charge is -2.05. The molecule has 0 rings (SSSR count). The number of rotatable bonds is 22. The molecule has 0 aliphatic rings. The highest BCUT2D eigenvalue weighted by molar-refractivity contribution is 5.66. The molecule has 0 spiro atoms. The highest BCUT2D eigenvalue weighted by Crippen LogP contribution is 2.15. The standard InChI is InChI=1S/C31H52O3/c1-4-6-7-8-9-10-11-12-13-14-15-16-17-18-19-20-21-22-23-26-30(33)27-24-25-28-31(5-2)34-29(3)32/h5,30-31,33H,2,4,6-23,26H2,1,3H3. The fourth-order valence-corrected chi connectivity index (χ4v) is 4.03. The first-order valence-electron chi connectivity index (χ1n) is 14.1. The molecule has 3 heteroatoms. The second-order valence-electron chi connectivity index (χ2n) is 9.47. The van der Waals surface area contributed by atoms with Crippen molar-refractivity contribution in [2.24, 2.45) is 0 Å². The Kier molecular flexibility index (Phi) is 24.6. The summed E-state index contributed by atoms with van der Waals surface area (Å²) in [4.78, 5) is 10.9. The number of hydrogen-bond acceptors (Lipinski definition) is 3. The monoisotopic (exact) mass is 472 g/mol. The Balaban J connectivity index is 3.41. The van der Waals surface area contributed by atoms with Crippen molar-refractivity contribution in [2.75, 3.05) is 0 Å². The number of carbonyl (C=O) groups is 1. The third-order valence-corrected chi connectivity index (χ3v) is 6.10. The summed E-state index contributed by atoms with van der Waals surface area (Å²) in [6.45, 7) is 7.17. The van der Waals surface area contributed by atoms with Gasteiger partial charge in [0.1, 0.15) is 6.10 Å². The van der Waals surface area contributed by atoms with Gasteiger partial charge in [0.05, 0.1) is 0 Å². The molecule has 34 heavy (non-hydrogen) atoms. The molecule has 1 N–H and O–H groups in total. The highest BCUT2D eigenvalue weighted by atomic mass is 16.5. The van der Waals surface area contributed by atoms with Gasteiger partial charge in [-0.2, -0.15) is 0 Å². The first-order valence-corrected chi connectivity index (χ1v) is 14.1. The normalized spacial score (nSPS) is 12.1. The number of carbonyl (C=O) groups excluding carboxylic acids is 1. The van der Waals surface area contributed by atoms with E-state index in [4.69, 9.17) is 4.74 Å². The number of ether oxygens (including phenoxy) is 1. The van der Waals surface area contributed by atoms with Crippen LogP contribution in [0.2, 0.25) is 0 Å². The molecule has 3 nitrogen and oxygen atoms in total. The zero-order valence-corrected chi connectivity index (χ0v) is 22.3. The van der Waals surface area contributed by atoms with Gasteiger partial charge in [-0.3, -0.25) is 4.79 Å². The average Bonchev–Trinajstić information content (AvgIpc) is 2.82. The van der Waals surface area contributed by atoms with Crippen molar-refractivity contribution < 1.29 is 14.6 Å². The Morgan fingerprint density at radius 3 is 1.50 bits per heavy atom. The summed E-state index contributed by atoms with van der Waals surface area (Å²) in [6.07, 6.45) is 26.7. The molecule has 2 atom stereocenters. The average molecular weight is 473 g/mol. The van der Waals surface area contributed by atoms with Crippen LogP contribution in [0.1, 0.15) is 142 Å². The summed E-state index contributed by atoms with van der Waals surface area (Å²) < 4.78 is 4.92. The molecule has 0 aromatic carbocycles. The summed E-state index contributed by atoms with van der Waals surface area (Å²) in [5.74, 6) is 10.3. The fraction of sp³-hybridized carbons (Fsp3) is 0.774. The van der Waals surface area contributed by atoms with Crippen molar-refractivity contribution >= 4 is 5.97 Å². The van der Waals surface area contributed by atoms with E-state index in [2.05, 4.69) is 37.2 Å². The molecule has 0 bridgehead atoms. The lowest BCUT2D eigenvalue weighted by molar-refractivity contribution is -0.142. The van der Waals surface area contributed by atoms with Crippen LogP contribution >= 0.6 is 0 Å². The van der Waals surface area contributed by atoms with Gasteiger partial charge >= 0.3 is 5.97 Å². The van der Waals surface area contributed by atoms with Crippen molar-refractivity contribution in [3.63, 3.8) is 0 Å². The zero-order valence-electron chi connectivity index (χ0n) is 22.3. The van der Waals surface area contributed by atoms with Gasteiger partial charge in [-0.05, 0) is 36.7 Å². The maximum atomic E-state index is 10.9. The molecule has 0 radical (unpaired) electrons. The second-order valence-corrected chi connectivity index (χ2v) is 9.47. The van der Waals surface area contributed by atoms with E-state index in [1.807, 2.05) is 0 Å². The molecule has 0 heterocycles. The molecule has 0 amide bonds. The van der Waals surface area contributed by atoms with Crippen LogP contribution in [0.5, 0.6) is 0 Å². The van der Waals surface area contributed by atoms with E-state index in [0.29, 0.717) is 6.42 Å². The second kappa shape index (κ2) is 25.9. The summed E-state index contributed by atoms with van der Waals surface area (Å²) in [5, 5.41) is 9.91. The Bertz CT molecular complexity index is 602. The smallest absolute Gasteiger partial charge is 0.304 e. The Hall–Kier alpha value is -1.71. The molecule has 0 aliphatic carbocycles. The third-order valence-electron chi connectivity index (χ3n) is 6.10. The minimum atomic E-state index is -0.649. The number of esters is 1. The molecule has 2 unspecified atom stereocenters. The molecule has 0 aromatic heterocycles. The van der Waals surface area contributed by atoms with Gasteiger partial charge in [-0.25, -0.2) is 0 Å². The van der Waals surface area contributed by atoms with Gasteiger partial charge < -0.3 is 9.84 Å². The SMILES string of the molecule is C=CC(C#CC#CC(O)CCCCCCCCCCCCCCCCCCCCC)OC(C)=O. The lowest BCUT2D eigenvalue weighted by Crippen LogP contribution is -2.10. The molecule has 0 aliphatic heterocycles. The first kappa shape index (κ1) is 32.3. The minimum Gasteiger partial charge on any atom is -0.445 e. The summed E-state index contributed by atoms with van der Waals surface area (Å²) >= 11 is 0. The number of hydrogen-bond donors (Lipinski definition) is 1. The van der Waals surface area contributed by atoms with E-state index in [9.17, 15) is 9.90 Å². The van der Waals surface area contributed by atoms with E-state index in [0.717, 1.165) is 12.8 Å². The van der Waals surface area contributed by atoms with Crippen LogP contribution in [-0.4, -0.2) is 23.3 Å². The minimum absolute atomic E-state index is 0.406. The van der Waals surface area contributed by atoms with Crippen LogP contribution in [0.4, 0.5) is 0 Å². The van der Waals surface area contributed by atoms with Crippen LogP contribution in [0, 0.1) is 23.7 Å². The number of aliphatic hydroxyl groups excluding tert-OH is 1. The van der Waals surface area contributed by atoms with Crippen molar-refractivity contribution in [1.29, 1.82) is 0 Å². The van der Waals surface area contributed by atoms with Crippen molar-refractivity contribution in [3.8, 4) is 23.7 Å². The molecule has 0 fully saturated rings. The molecular formula is C31H52O3. The largest absolute Gasteiger partial charge is 0.445 e. The lowest BCUT2D eigenvalue weighted by atomic mass is 10.0. The Morgan fingerprint density at radius 2 is 1.12 bits per heavy atom. The topological polar surface area (TPSA) is 46.5 Å². The van der Waals surface area contributed by atoms with E-state index < -0.39 is 18.2 Å². The summed E-state index contributed by atoms with van der Waals surface area (Å²) in [5.41, 5.74) is 0. The molecule has 0 saturated carbocycles. The Labute approximate surface area is 211 Å². The molecular weight excluding hydrogens is 420 g/mol. The molecule has 0 saturated heterocycles. The van der Waals surface area contributed by atoms with Crippen LogP contribution in [0.15, 0.2) is 12.7 Å². The quantitative estimate of drug-likeness (QED) is 0.0746. The number of unbranched alkanes of at least 4 members (excludes halogenated alkanes) is 18. The van der Waals surface area contributed by atoms with Gasteiger partial charge in [0.2, 0.25) is 0 Å². The van der Waals surface area contributed by atoms with Gasteiger partial charge in [0.25, 0.3) is 0 Å². The van der Waals surface area contributed by atoms with Crippen molar-refractivity contribution in [2.45, 2.75) is 154 Å². The predicted molar refractivity (Wildman–Crippen MR) is 145 cm³/mol. The highest BCUT2D eigenvalue weighted by Gasteiger charge is 2.02. The molecule has 194 valence electrons. The van der Waals surface area contributed by atoms with E-state index >= 15 is 0 Å². The van der Waals surface area contributed by atoms with Crippen LogP contribution < -0.4 is 0 Å². The van der Waals surface area contributed by atoms with Crippen molar-refractivity contribution in [1.82, 2.24) is 0 Å². The van der Waals surface area contributed by atoms with Gasteiger partial charge in [-0.1, -0.05) is 135 Å². The van der Waals surface area contributed by atoms with Gasteiger partial charge in [0.15, 0.2) is 6.10 Å². The van der Waals surface area contributed by atoms with E-state index in [1.54, 1.807) is 0 Å². The van der Waals surface area contributed by atoms with E-state index in [-0.39, 0.29) is 0 Å². The van der Waals surface area contributed by atoms with Gasteiger partial charge in [0, 0.05) is 6.92 Å². The third kappa shape index (κ3) is 24.9. The first-order chi connectivity index (χ1) is 16.6. The van der Waals surface area contributed by atoms with Gasteiger partial charge in [-0.15, -0.1) is 0 Å². The summed E-state index contributed by atoms with van der Waals surface area (Å²) in [7, 11) is 0. The zero-order chi connectivity index (χ0) is 25.1. The maximum absolute atomic E-state index is 10.9. The van der Waals surface area contributed by atoms with Crippen molar-refractivity contribution in [3.05, 3.63) is 12.7 Å². The maximum Gasteiger partial charge on any atom is 0.304 e. The van der Waals surface area contributed by atoms with Crippen LogP contribution in [0.25, 0.3) is 0 Å². The Morgan fingerprint density at radius 1 is 0.735 bits per heavy atom. The van der Waals surface area contributed by atoms with E-state index in [1.165, 1.54) is 122 Å². The number of aliphatic hydroxyl groups is 1. The molecule has 0 aromatic rings. The van der Waals surface area contributed by atoms with Crippen LogP contribution in [0.3, 0.4) is 0 Å².